The highest BCUT2D eigenvalue weighted by molar-refractivity contribution is 7.13. The van der Waals surface area contributed by atoms with Crippen molar-refractivity contribution < 1.29 is 4.79 Å². The van der Waals surface area contributed by atoms with Crippen molar-refractivity contribution in [1.82, 2.24) is 35.0 Å². The summed E-state index contributed by atoms with van der Waals surface area (Å²) in [5.74, 6) is 2.25. The largest absolute Gasteiger partial charge is 0.324 e. The summed E-state index contributed by atoms with van der Waals surface area (Å²) in [6.45, 7) is 0.951. The van der Waals surface area contributed by atoms with Gasteiger partial charge in [-0.05, 0) is 53.8 Å². The van der Waals surface area contributed by atoms with E-state index in [9.17, 15) is 4.79 Å². The zero-order chi connectivity index (χ0) is 20.3. The maximum absolute atomic E-state index is 12.4. The minimum Gasteiger partial charge on any atom is -0.324 e. The second-order valence-electron chi connectivity index (χ2n) is 7.15. The first-order chi connectivity index (χ1) is 14.8. The number of tetrazole rings is 1. The Hall–Kier alpha value is -3.40. The van der Waals surface area contributed by atoms with Crippen molar-refractivity contribution in [3.8, 4) is 22.1 Å². The minimum absolute atomic E-state index is 0.00217. The summed E-state index contributed by atoms with van der Waals surface area (Å²) in [6, 6.07) is 11.5. The van der Waals surface area contributed by atoms with Gasteiger partial charge in [0.2, 0.25) is 11.7 Å². The first kappa shape index (κ1) is 18.6. The van der Waals surface area contributed by atoms with Gasteiger partial charge in [-0.2, -0.15) is 4.80 Å². The predicted molar refractivity (Wildman–Crippen MR) is 113 cm³/mol. The summed E-state index contributed by atoms with van der Waals surface area (Å²) in [6.07, 6.45) is 4.52. The summed E-state index contributed by atoms with van der Waals surface area (Å²) >= 11 is 1.53. The lowest BCUT2D eigenvalue weighted by molar-refractivity contribution is -0.117. The molecule has 0 aliphatic carbocycles. The molecule has 1 aliphatic rings. The Morgan fingerprint density at radius 1 is 1.07 bits per heavy atom. The molecule has 0 unspecified atom stereocenters. The molecule has 0 radical (unpaired) electrons. The van der Waals surface area contributed by atoms with Crippen LogP contribution in [-0.4, -0.2) is 40.9 Å². The standard InChI is InChI=1S/C20H20N8OS/c29-18(13-28-25-19(23-26-28)16-5-4-12-30-16)21-15-9-7-14(8-10-15)20-24-22-17-6-2-1-3-11-27(17)20/h4-5,7-10,12H,1-3,6,11,13H2,(H,21,29). The molecule has 0 bridgehead atoms. The van der Waals surface area contributed by atoms with Gasteiger partial charge in [-0.1, -0.05) is 12.5 Å². The molecule has 30 heavy (non-hydrogen) atoms. The lowest BCUT2D eigenvalue weighted by Gasteiger charge is -2.08. The predicted octanol–water partition coefficient (Wildman–Crippen LogP) is 3.03. The fourth-order valence-electron chi connectivity index (χ4n) is 3.54. The number of aromatic nitrogens is 7. The second kappa shape index (κ2) is 8.15. The summed E-state index contributed by atoms with van der Waals surface area (Å²) in [4.78, 5) is 14.6. The molecule has 152 valence electrons. The molecule has 1 amide bonds. The number of carbonyl (C=O) groups is 1. The van der Waals surface area contributed by atoms with Crippen molar-refractivity contribution >= 4 is 22.9 Å². The van der Waals surface area contributed by atoms with Crippen molar-refractivity contribution in [2.75, 3.05) is 5.32 Å². The highest BCUT2D eigenvalue weighted by Crippen LogP contribution is 2.24. The van der Waals surface area contributed by atoms with Gasteiger partial charge in [0.1, 0.15) is 12.4 Å². The average molecular weight is 421 g/mol. The third-order valence-electron chi connectivity index (χ3n) is 5.02. The van der Waals surface area contributed by atoms with Crippen LogP contribution in [0.3, 0.4) is 0 Å². The highest BCUT2D eigenvalue weighted by atomic mass is 32.1. The minimum atomic E-state index is -0.214. The van der Waals surface area contributed by atoms with E-state index in [4.69, 9.17) is 0 Å². The van der Waals surface area contributed by atoms with Crippen molar-refractivity contribution in [2.45, 2.75) is 38.8 Å². The molecule has 1 aliphatic heterocycles. The number of amides is 1. The molecule has 0 spiro atoms. The SMILES string of the molecule is O=C(Cn1nnc(-c2cccs2)n1)Nc1ccc(-c2nnc3n2CCCCC3)cc1. The van der Waals surface area contributed by atoms with Gasteiger partial charge in [-0.25, -0.2) is 0 Å². The number of fused-ring (bicyclic) bond motifs is 1. The van der Waals surface area contributed by atoms with Gasteiger partial charge >= 0.3 is 0 Å². The maximum Gasteiger partial charge on any atom is 0.248 e. The Morgan fingerprint density at radius 3 is 2.80 bits per heavy atom. The van der Waals surface area contributed by atoms with E-state index >= 15 is 0 Å². The van der Waals surface area contributed by atoms with E-state index in [0.717, 1.165) is 41.5 Å². The van der Waals surface area contributed by atoms with Gasteiger partial charge in [0, 0.05) is 24.2 Å². The van der Waals surface area contributed by atoms with E-state index in [1.165, 1.54) is 29.0 Å². The van der Waals surface area contributed by atoms with E-state index in [-0.39, 0.29) is 12.5 Å². The Labute approximate surface area is 176 Å². The average Bonchev–Trinajstić information content (AvgIpc) is 3.48. The zero-order valence-corrected chi connectivity index (χ0v) is 17.0. The van der Waals surface area contributed by atoms with Gasteiger partial charge in [0.05, 0.1) is 4.88 Å². The molecule has 10 heteroatoms. The Bertz CT molecular complexity index is 1150. The summed E-state index contributed by atoms with van der Waals surface area (Å²) in [5, 5.41) is 25.8. The summed E-state index contributed by atoms with van der Waals surface area (Å²) in [7, 11) is 0. The van der Waals surface area contributed by atoms with Gasteiger partial charge in [-0.3, -0.25) is 4.79 Å². The van der Waals surface area contributed by atoms with Gasteiger partial charge in [0.15, 0.2) is 5.82 Å². The van der Waals surface area contributed by atoms with E-state index in [1.54, 1.807) is 0 Å². The zero-order valence-electron chi connectivity index (χ0n) is 16.2. The molecule has 1 N–H and O–H groups in total. The summed E-state index contributed by atoms with van der Waals surface area (Å²) in [5.41, 5.74) is 1.70. The van der Waals surface area contributed by atoms with E-state index < -0.39 is 0 Å². The van der Waals surface area contributed by atoms with Crippen molar-refractivity contribution in [2.24, 2.45) is 0 Å². The number of aryl methyl sites for hydroxylation is 1. The molecule has 1 aromatic carbocycles. The van der Waals surface area contributed by atoms with Crippen LogP contribution in [0.1, 0.15) is 25.1 Å². The normalized spacial score (nSPS) is 13.6. The van der Waals surface area contributed by atoms with Crippen LogP contribution in [0.15, 0.2) is 41.8 Å². The van der Waals surface area contributed by atoms with Gasteiger partial charge in [-0.15, -0.1) is 31.7 Å². The van der Waals surface area contributed by atoms with Crippen LogP contribution in [0.5, 0.6) is 0 Å². The molecule has 0 saturated heterocycles. The number of nitrogens with one attached hydrogen (secondary N) is 1. The Kier molecular flexibility index (Phi) is 5.06. The quantitative estimate of drug-likeness (QED) is 0.532. The molecule has 9 nitrogen and oxygen atoms in total. The number of hydrogen-bond donors (Lipinski definition) is 1. The fraction of sp³-hybridized carbons (Fsp3) is 0.300. The number of carbonyl (C=O) groups excluding carboxylic acids is 1. The van der Waals surface area contributed by atoms with E-state index in [2.05, 4.69) is 35.5 Å². The van der Waals surface area contributed by atoms with Crippen molar-refractivity contribution in [3.05, 3.63) is 47.6 Å². The molecule has 4 aromatic rings. The summed E-state index contributed by atoms with van der Waals surface area (Å²) < 4.78 is 2.21. The molecule has 3 aromatic heterocycles. The highest BCUT2D eigenvalue weighted by Gasteiger charge is 2.16. The van der Waals surface area contributed by atoms with Gasteiger partial charge in [0.25, 0.3) is 0 Å². The van der Waals surface area contributed by atoms with Gasteiger partial charge < -0.3 is 9.88 Å². The Balaban J connectivity index is 1.24. The maximum atomic E-state index is 12.4. The molecule has 5 rings (SSSR count). The molecule has 0 atom stereocenters. The second-order valence-corrected chi connectivity index (χ2v) is 8.10. The topological polar surface area (TPSA) is 103 Å². The molecular formula is C20H20N8OS. The van der Waals surface area contributed by atoms with Crippen LogP contribution in [0.4, 0.5) is 5.69 Å². The van der Waals surface area contributed by atoms with Crippen LogP contribution in [0.2, 0.25) is 0 Å². The van der Waals surface area contributed by atoms with Crippen LogP contribution < -0.4 is 5.32 Å². The fourth-order valence-corrected chi connectivity index (χ4v) is 4.19. The van der Waals surface area contributed by atoms with Crippen LogP contribution >= 0.6 is 11.3 Å². The smallest absolute Gasteiger partial charge is 0.248 e. The third kappa shape index (κ3) is 3.86. The monoisotopic (exact) mass is 420 g/mol. The number of anilines is 1. The first-order valence-electron chi connectivity index (χ1n) is 9.90. The number of benzene rings is 1. The van der Waals surface area contributed by atoms with E-state index in [1.807, 2.05) is 41.8 Å². The number of nitrogens with zero attached hydrogens (tertiary/aromatic N) is 7. The number of hydrogen-bond acceptors (Lipinski definition) is 7. The van der Waals surface area contributed by atoms with Crippen LogP contribution in [0, 0.1) is 0 Å². The lowest BCUT2D eigenvalue weighted by atomic mass is 10.2. The Morgan fingerprint density at radius 2 is 1.97 bits per heavy atom. The molecule has 4 heterocycles. The van der Waals surface area contributed by atoms with E-state index in [0.29, 0.717) is 11.5 Å². The third-order valence-corrected chi connectivity index (χ3v) is 5.88. The van der Waals surface area contributed by atoms with Crippen LogP contribution in [0.25, 0.3) is 22.1 Å². The first-order valence-corrected chi connectivity index (χ1v) is 10.8. The lowest BCUT2D eigenvalue weighted by Crippen LogP contribution is -2.20. The molecular weight excluding hydrogens is 400 g/mol. The number of thiophene rings is 1. The number of rotatable bonds is 5. The molecule has 0 saturated carbocycles. The van der Waals surface area contributed by atoms with Crippen molar-refractivity contribution in [1.29, 1.82) is 0 Å². The van der Waals surface area contributed by atoms with Crippen molar-refractivity contribution in [3.63, 3.8) is 0 Å². The molecule has 0 fully saturated rings. The van der Waals surface area contributed by atoms with Crippen LogP contribution in [-0.2, 0) is 24.3 Å².